The highest BCUT2D eigenvalue weighted by Gasteiger charge is 2.42. The minimum Gasteiger partial charge on any atom is -0.508 e. The molecule has 0 radical (unpaired) electrons. The van der Waals surface area contributed by atoms with Crippen molar-refractivity contribution in [3.05, 3.63) is 64.7 Å². The molecule has 18 heteroatoms. The first-order chi connectivity index (χ1) is 32.0. The predicted molar refractivity (Wildman–Crippen MR) is 256 cm³/mol. The summed E-state index contributed by atoms with van der Waals surface area (Å²) in [5, 5.41) is 30.2. The molecular weight excluding hydrogens is 879 g/mol. The van der Waals surface area contributed by atoms with E-state index in [9.17, 15) is 43.5 Å². The summed E-state index contributed by atoms with van der Waals surface area (Å²) in [5.41, 5.74) is 2.60. The molecule has 4 rings (SSSR count). The number of urea groups is 1. The van der Waals surface area contributed by atoms with Crippen LogP contribution in [0.5, 0.6) is 5.75 Å². The van der Waals surface area contributed by atoms with Crippen molar-refractivity contribution in [3.8, 4) is 5.75 Å². The molecular formula is C49H71N7O10S. The van der Waals surface area contributed by atoms with Crippen LogP contribution < -0.4 is 37.2 Å². The van der Waals surface area contributed by atoms with E-state index >= 15 is 0 Å². The first kappa shape index (κ1) is 54.0. The molecule has 2 saturated heterocycles. The summed E-state index contributed by atoms with van der Waals surface area (Å²) in [6, 6.07) is 9.20. The molecule has 2 heterocycles. The number of carbonyl (C=O) groups is 8. The smallest absolute Gasteiger partial charge is 0.339 e. The Hall–Kier alpha value is -5.65. The number of ketones is 1. The van der Waals surface area contributed by atoms with Gasteiger partial charge >= 0.3 is 12.0 Å². The Morgan fingerprint density at radius 1 is 0.761 bits per heavy atom. The zero-order valence-electron chi connectivity index (χ0n) is 39.6. The van der Waals surface area contributed by atoms with Crippen molar-refractivity contribution in [3.63, 3.8) is 0 Å². The number of Topliss-reactive ketones (excluding diaryl/α,β-unsaturated/α-hetero) is 1. The van der Waals surface area contributed by atoms with Crippen molar-refractivity contribution in [1.29, 1.82) is 0 Å². The second kappa shape index (κ2) is 27.9. The number of aromatic hydroxyl groups is 1. The lowest BCUT2D eigenvalue weighted by atomic mass is 10.00. The SMILES string of the molecule is CC(=O)N[C@@H](CCCCNC(=O)CCCCC1SC[C@@H]2NC(=O)N[C@H]12)C(=O)N[C@@H](Cc1ccc(O)cc1)C(=O)NCCCCCC(=O)N[C@@H](CC(C)C)C(=O)COC(=O)c1c(C)cccc1C. The lowest BCUT2D eigenvalue weighted by molar-refractivity contribution is -0.131. The highest BCUT2D eigenvalue weighted by molar-refractivity contribution is 8.00. The molecule has 0 saturated carbocycles. The van der Waals surface area contributed by atoms with Crippen LogP contribution in [-0.2, 0) is 39.9 Å². The van der Waals surface area contributed by atoms with Crippen molar-refractivity contribution in [2.75, 3.05) is 25.4 Å². The number of hydrogen-bond acceptors (Lipinski definition) is 11. The number of thioether (sulfide) groups is 1. The Bertz CT molecular complexity index is 1990. The number of nitrogens with one attached hydrogen (secondary N) is 7. The summed E-state index contributed by atoms with van der Waals surface area (Å²) in [7, 11) is 0. The zero-order valence-corrected chi connectivity index (χ0v) is 40.4. The van der Waals surface area contributed by atoms with Crippen molar-refractivity contribution in [1.82, 2.24) is 37.2 Å². The Morgan fingerprint density at radius 2 is 1.43 bits per heavy atom. The molecule has 0 aromatic heterocycles. The number of aryl methyl sites for hydroxylation is 2. The maximum atomic E-state index is 13.6. The van der Waals surface area contributed by atoms with Gasteiger partial charge in [0, 0.05) is 50.3 Å². The number of fused-ring (bicyclic) bond motifs is 1. The van der Waals surface area contributed by atoms with Gasteiger partial charge in [-0.25, -0.2) is 9.59 Å². The maximum Gasteiger partial charge on any atom is 0.339 e. The molecule has 0 aliphatic carbocycles. The van der Waals surface area contributed by atoms with Gasteiger partial charge in [0.1, 0.15) is 17.8 Å². The fraction of sp³-hybridized carbons (Fsp3) is 0.592. The van der Waals surface area contributed by atoms with Crippen LogP contribution in [-0.4, -0.2) is 113 Å². The maximum absolute atomic E-state index is 13.6. The van der Waals surface area contributed by atoms with E-state index in [1.54, 1.807) is 38.1 Å². The van der Waals surface area contributed by atoms with Gasteiger partial charge in [0.05, 0.1) is 23.7 Å². The molecule has 368 valence electrons. The molecule has 7 amide bonds. The zero-order chi connectivity index (χ0) is 48.9. The molecule has 2 aromatic carbocycles. The van der Waals surface area contributed by atoms with Gasteiger partial charge in [-0.3, -0.25) is 28.8 Å². The van der Waals surface area contributed by atoms with Crippen molar-refractivity contribution < 1.29 is 48.2 Å². The number of hydrogen-bond donors (Lipinski definition) is 8. The molecule has 6 atom stereocenters. The molecule has 67 heavy (non-hydrogen) atoms. The van der Waals surface area contributed by atoms with Gasteiger partial charge in [-0.2, -0.15) is 11.8 Å². The van der Waals surface area contributed by atoms with E-state index in [4.69, 9.17) is 4.74 Å². The van der Waals surface area contributed by atoms with Crippen LogP contribution in [0.3, 0.4) is 0 Å². The van der Waals surface area contributed by atoms with Crippen molar-refractivity contribution >= 4 is 59.1 Å². The normalized spacial score (nSPS) is 17.5. The number of phenols is 1. The van der Waals surface area contributed by atoms with Crippen molar-refractivity contribution in [2.24, 2.45) is 5.92 Å². The fourth-order valence-electron chi connectivity index (χ4n) is 8.30. The molecule has 1 unspecified atom stereocenters. The van der Waals surface area contributed by atoms with E-state index < -0.39 is 54.2 Å². The highest BCUT2D eigenvalue weighted by Crippen LogP contribution is 2.33. The Balaban J connectivity index is 1.18. The molecule has 2 aliphatic heterocycles. The number of benzene rings is 2. The predicted octanol–water partition coefficient (Wildman–Crippen LogP) is 4.19. The lowest BCUT2D eigenvalue weighted by Gasteiger charge is -2.23. The minimum atomic E-state index is -1.00. The average Bonchev–Trinajstić information content (AvgIpc) is 3.83. The number of unbranched alkanes of at least 4 members (excludes halogenated alkanes) is 4. The van der Waals surface area contributed by atoms with E-state index in [-0.39, 0.29) is 67.4 Å². The monoisotopic (exact) mass is 949 g/mol. The van der Waals surface area contributed by atoms with Gasteiger partial charge in [0.25, 0.3) is 0 Å². The molecule has 2 fully saturated rings. The van der Waals surface area contributed by atoms with Crippen LogP contribution in [0.2, 0.25) is 0 Å². The van der Waals surface area contributed by atoms with Gasteiger partial charge in [-0.05, 0) is 100.0 Å². The summed E-state index contributed by atoms with van der Waals surface area (Å²) in [5.74, 6) is -1.67. The largest absolute Gasteiger partial charge is 0.508 e. The summed E-state index contributed by atoms with van der Waals surface area (Å²) >= 11 is 1.85. The van der Waals surface area contributed by atoms with E-state index in [2.05, 4.69) is 37.2 Å². The summed E-state index contributed by atoms with van der Waals surface area (Å²) in [4.78, 5) is 102. The van der Waals surface area contributed by atoms with Gasteiger partial charge < -0.3 is 47.1 Å². The molecule has 2 aliphatic rings. The third kappa shape index (κ3) is 18.9. The van der Waals surface area contributed by atoms with E-state index in [1.165, 1.54) is 19.1 Å². The molecule has 8 N–H and O–H groups in total. The fourth-order valence-corrected chi connectivity index (χ4v) is 9.85. The van der Waals surface area contributed by atoms with Gasteiger partial charge in [0.15, 0.2) is 12.4 Å². The van der Waals surface area contributed by atoms with Crippen LogP contribution in [0.4, 0.5) is 4.79 Å². The minimum absolute atomic E-state index is 0.0524. The number of carbonyl (C=O) groups excluding carboxylic acids is 8. The Labute approximate surface area is 398 Å². The van der Waals surface area contributed by atoms with Gasteiger partial charge in [-0.15, -0.1) is 0 Å². The third-order valence-corrected chi connectivity index (χ3v) is 13.4. The summed E-state index contributed by atoms with van der Waals surface area (Å²) in [6.45, 7) is 9.00. The average molecular weight is 950 g/mol. The Morgan fingerprint density at radius 3 is 2.13 bits per heavy atom. The van der Waals surface area contributed by atoms with Crippen LogP contribution in [0.15, 0.2) is 42.5 Å². The highest BCUT2D eigenvalue weighted by atomic mass is 32.2. The second-order valence-corrected chi connectivity index (χ2v) is 19.3. The molecule has 0 bridgehead atoms. The number of rotatable bonds is 29. The first-order valence-corrected chi connectivity index (χ1v) is 24.7. The second-order valence-electron chi connectivity index (χ2n) is 18.1. The van der Waals surface area contributed by atoms with E-state index in [0.717, 1.165) is 36.1 Å². The number of ether oxygens (including phenoxy) is 1. The third-order valence-electron chi connectivity index (χ3n) is 11.9. The number of phenolic OH excluding ortho intramolecular Hbond substituents is 1. The lowest BCUT2D eigenvalue weighted by Crippen LogP contribution is -2.54. The molecule has 17 nitrogen and oxygen atoms in total. The first-order valence-electron chi connectivity index (χ1n) is 23.6. The van der Waals surface area contributed by atoms with E-state index in [0.29, 0.717) is 67.9 Å². The summed E-state index contributed by atoms with van der Waals surface area (Å²) < 4.78 is 5.36. The molecule has 2 aromatic rings. The van der Waals surface area contributed by atoms with Gasteiger partial charge in [0.2, 0.25) is 29.5 Å². The number of esters is 1. The van der Waals surface area contributed by atoms with Gasteiger partial charge in [-0.1, -0.05) is 57.0 Å². The quantitative estimate of drug-likeness (QED) is 0.0326. The molecule has 0 spiro atoms. The number of amides is 7. The topological polar surface area (TPSA) is 250 Å². The van der Waals surface area contributed by atoms with Crippen LogP contribution in [0.1, 0.15) is 125 Å². The van der Waals surface area contributed by atoms with Crippen LogP contribution in [0.25, 0.3) is 0 Å². The Kier molecular flexibility index (Phi) is 22.4. The van der Waals surface area contributed by atoms with Crippen LogP contribution in [0, 0.1) is 19.8 Å². The standard InChI is InChI=1S/C49H71N7O10S/c1-30(2)26-37(40(59)28-66-48(64)44-31(3)14-13-15-32(44)4)53-43(61)19-7-6-11-25-51-46(62)38(27-34-20-22-35(58)23-21-34)54-47(63)36(52-33(5)57)16-10-12-24-50-42(60)18-9-8-17-41-45-39(29-67-41)55-49(65)56-45/h13-15,20-23,30,36-39,41,45,58H,6-12,16-19,24-29H2,1-5H3,(H,50,60)(H,51,62)(H,52,57)(H,53,61)(H,54,63)(H2,55,56,65)/t36-,37-,38-,39-,41?,45-/m0/s1. The van der Waals surface area contributed by atoms with Crippen LogP contribution >= 0.6 is 11.8 Å². The summed E-state index contributed by atoms with van der Waals surface area (Å²) in [6.07, 6.45) is 6.59. The van der Waals surface area contributed by atoms with Crippen molar-refractivity contribution in [2.45, 2.75) is 154 Å². The van der Waals surface area contributed by atoms with E-state index in [1.807, 2.05) is 31.7 Å².